The van der Waals surface area contributed by atoms with E-state index in [4.69, 9.17) is 29.0 Å². The molecule has 2 saturated heterocycles. The predicted octanol–water partition coefficient (Wildman–Crippen LogP) is 0.497. The second kappa shape index (κ2) is 7.78. The summed E-state index contributed by atoms with van der Waals surface area (Å²) in [5.41, 5.74) is 1.54. The summed E-state index contributed by atoms with van der Waals surface area (Å²) in [6.45, 7) is 1.44. The Balaban J connectivity index is 1.33. The van der Waals surface area contributed by atoms with Crippen molar-refractivity contribution in [3.63, 3.8) is 0 Å². The lowest BCUT2D eigenvalue weighted by Gasteiger charge is -2.18. The highest BCUT2D eigenvalue weighted by Gasteiger charge is 2.49. The zero-order valence-electron chi connectivity index (χ0n) is 14.2. The molecule has 0 spiro atoms. The van der Waals surface area contributed by atoms with Gasteiger partial charge in [-0.1, -0.05) is 42.5 Å². The average Bonchev–Trinajstić information content (AvgIpc) is 3.24. The van der Waals surface area contributed by atoms with E-state index in [-0.39, 0.29) is 24.4 Å². The van der Waals surface area contributed by atoms with E-state index in [9.17, 15) is 0 Å². The van der Waals surface area contributed by atoms with Crippen LogP contribution >= 0.6 is 0 Å². The van der Waals surface area contributed by atoms with Gasteiger partial charge >= 0.3 is 7.12 Å². The fourth-order valence-corrected chi connectivity index (χ4v) is 3.34. The number of fused-ring (bicyclic) bond motifs is 1. The van der Waals surface area contributed by atoms with Crippen LogP contribution in [0.25, 0.3) is 0 Å². The molecule has 2 aliphatic rings. The quantitative estimate of drug-likeness (QED) is 0.734. The van der Waals surface area contributed by atoms with Crippen LogP contribution < -0.4 is 10.2 Å². The lowest BCUT2D eigenvalue weighted by Crippen LogP contribution is -2.35. The molecule has 7 heteroatoms. The first-order chi connectivity index (χ1) is 12.7. The Morgan fingerprint density at radius 2 is 1.54 bits per heavy atom. The fourth-order valence-electron chi connectivity index (χ4n) is 3.34. The zero-order valence-corrected chi connectivity index (χ0v) is 14.2. The molecule has 0 bridgehead atoms. The molecule has 4 atom stereocenters. The Hall–Kier alpha value is -1.90. The van der Waals surface area contributed by atoms with Gasteiger partial charge in [-0.3, -0.25) is 0 Å². The van der Waals surface area contributed by atoms with Gasteiger partial charge < -0.3 is 29.0 Å². The maximum Gasteiger partial charge on any atom is 0.488 e. The van der Waals surface area contributed by atoms with Crippen LogP contribution in [0.3, 0.4) is 0 Å². The second-order valence-corrected chi connectivity index (χ2v) is 6.53. The van der Waals surface area contributed by atoms with Gasteiger partial charge in [-0.05, 0) is 23.2 Å². The number of benzene rings is 2. The summed E-state index contributed by atoms with van der Waals surface area (Å²) in [6.07, 6.45) is -0.628. The highest BCUT2D eigenvalue weighted by molar-refractivity contribution is 6.58. The molecule has 0 radical (unpaired) electrons. The average molecular weight is 356 g/mol. The molecule has 0 unspecified atom stereocenters. The van der Waals surface area contributed by atoms with Crippen molar-refractivity contribution in [1.82, 2.24) is 0 Å². The van der Waals surface area contributed by atoms with E-state index in [1.165, 1.54) is 0 Å². The molecule has 2 aromatic carbocycles. The first-order valence-corrected chi connectivity index (χ1v) is 8.72. The first kappa shape index (κ1) is 17.5. The summed E-state index contributed by atoms with van der Waals surface area (Å²) in [7, 11) is -1.48. The van der Waals surface area contributed by atoms with Gasteiger partial charge in [-0.15, -0.1) is 0 Å². The fraction of sp³-hybridized carbons (Fsp3) is 0.368. The largest absolute Gasteiger partial charge is 0.488 e. The standard InChI is InChI=1S/C19H21BO6/c21-20(22)14-6-8-15(9-7-14)26-17-12-25-18-16(11-24-19(17)18)23-10-13-4-2-1-3-5-13/h1-9,16-19,21-22H,10-12H2/t16-,17-,18-,19-/m1/s1. The van der Waals surface area contributed by atoms with Crippen molar-refractivity contribution in [3.05, 3.63) is 60.2 Å². The maximum atomic E-state index is 9.14. The summed E-state index contributed by atoms with van der Waals surface area (Å²) in [5, 5.41) is 18.3. The van der Waals surface area contributed by atoms with Crippen LogP contribution in [-0.4, -0.2) is 54.8 Å². The molecule has 2 heterocycles. The number of ether oxygens (including phenoxy) is 4. The van der Waals surface area contributed by atoms with Gasteiger partial charge in [0, 0.05) is 0 Å². The molecule has 0 aromatic heterocycles. The third-order valence-electron chi connectivity index (χ3n) is 4.74. The summed E-state index contributed by atoms with van der Waals surface area (Å²) >= 11 is 0. The van der Waals surface area contributed by atoms with Gasteiger partial charge in [-0.25, -0.2) is 0 Å². The molecular weight excluding hydrogens is 335 g/mol. The van der Waals surface area contributed by atoms with Crippen LogP contribution in [0.2, 0.25) is 0 Å². The van der Waals surface area contributed by atoms with Gasteiger partial charge in [0.25, 0.3) is 0 Å². The molecule has 136 valence electrons. The van der Waals surface area contributed by atoms with Crippen LogP contribution in [-0.2, 0) is 20.8 Å². The molecule has 2 fully saturated rings. The van der Waals surface area contributed by atoms with E-state index in [0.717, 1.165) is 5.56 Å². The van der Waals surface area contributed by atoms with Crippen molar-refractivity contribution in [1.29, 1.82) is 0 Å². The lowest BCUT2D eigenvalue weighted by molar-refractivity contribution is -0.0425. The van der Waals surface area contributed by atoms with E-state index >= 15 is 0 Å². The molecule has 2 aliphatic heterocycles. The minimum Gasteiger partial charge on any atom is -0.485 e. The Labute approximate surface area is 152 Å². The van der Waals surface area contributed by atoms with Crippen LogP contribution in [0.1, 0.15) is 5.56 Å². The van der Waals surface area contributed by atoms with E-state index in [2.05, 4.69) is 0 Å². The Morgan fingerprint density at radius 1 is 0.885 bits per heavy atom. The Kier molecular flexibility index (Phi) is 5.24. The summed E-state index contributed by atoms with van der Waals surface area (Å²) in [6, 6.07) is 16.7. The lowest BCUT2D eigenvalue weighted by atomic mass is 9.80. The van der Waals surface area contributed by atoms with E-state index in [1.807, 2.05) is 30.3 Å². The number of hydrogen-bond acceptors (Lipinski definition) is 6. The molecule has 0 amide bonds. The minimum absolute atomic E-state index is 0.110. The zero-order chi connectivity index (χ0) is 17.9. The van der Waals surface area contributed by atoms with Crippen LogP contribution in [0.4, 0.5) is 0 Å². The molecule has 0 saturated carbocycles. The Morgan fingerprint density at radius 3 is 2.23 bits per heavy atom. The number of hydrogen-bond donors (Lipinski definition) is 2. The van der Waals surface area contributed by atoms with Crippen molar-refractivity contribution >= 4 is 12.6 Å². The first-order valence-electron chi connectivity index (χ1n) is 8.72. The topological polar surface area (TPSA) is 77.4 Å². The Bertz CT molecular complexity index is 708. The third-order valence-corrected chi connectivity index (χ3v) is 4.74. The number of rotatable bonds is 6. The SMILES string of the molecule is OB(O)c1ccc(O[C@@H]2CO[C@H]3[C@@H]2OC[C@H]3OCc2ccccc2)cc1. The van der Waals surface area contributed by atoms with Crippen LogP contribution in [0.5, 0.6) is 5.75 Å². The van der Waals surface area contributed by atoms with Crippen LogP contribution in [0, 0.1) is 0 Å². The predicted molar refractivity (Wildman–Crippen MR) is 95.2 cm³/mol. The maximum absolute atomic E-state index is 9.14. The van der Waals surface area contributed by atoms with Gasteiger partial charge in [0.15, 0.2) is 6.10 Å². The van der Waals surface area contributed by atoms with Crippen molar-refractivity contribution < 1.29 is 29.0 Å². The van der Waals surface area contributed by atoms with E-state index in [1.54, 1.807) is 24.3 Å². The van der Waals surface area contributed by atoms with Crippen LogP contribution in [0.15, 0.2) is 54.6 Å². The van der Waals surface area contributed by atoms with Crippen molar-refractivity contribution in [2.24, 2.45) is 0 Å². The third kappa shape index (κ3) is 3.77. The summed E-state index contributed by atoms with van der Waals surface area (Å²) in [4.78, 5) is 0. The van der Waals surface area contributed by atoms with Crippen molar-refractivity contribution in [3.8, 4) is 5.75 Å². The highest BCUT2D eigenvalue weighted by Crippen LogP contribution is 2.31. The van der Waals surface area contributed by atoms with Crippen molar-refractivity contribution in [2.75, 3.05) is 13.2 Å². The van der Waals surface area contributed by atoms with Gasteiger partial charge in [0.05, 0.1) is 19.8 Å². The van der Waals surface area contributed by atoms with Gasteiger partial charge in [-0.2, -0.15) is 0 Å². The molecule has 26 heavy (non-hydrogen) atoms. The second-order valence-electron chi connectivity index (χ2n) is 6.53. The van der Waals surface area contributed by atoms with E-state index < -0.39 is 7.12 Å². The smallest absolute Gasteiger partial charge is 0.485 e. The van der Waals surface area contributed by atoms with Gasteiger partial charge in [0.2, 0.25) is 0 Å². The molecule has 4 rings (SSSR count). The summed E-state index contributed by atoms with van der Waals surface area (Å²) < 4.78 is 23.7. The molecular formula is C19H21BO6. The highest BCUT2D eigenvalue weighted by atomic mass is 16.6. The molecule has 2 N–H and O–H groups in total. The summed E-state index contributed by atoms with van der Waals surface area (Å²) in [5.74, 6) is 0.640. The normalized spacial score (nSPS) is 27.3. The minimum atomic E-state index is -1.48. The monoisotopic (exact) mass is 356 g/mol. The van der Waals surface area contributed by atoms with Crippen molar-refractivity contribution in [2.45, 2.75) is 31.0 Å². The molecule has 0 aliphatic carbocycles. The molecule has 6 nitrogen and oxygen atoms in total. The molecule has 2 aromatic rings. The van der Waals surface area contributed by atoms with E-state index in [0.29, 0.717) is 31.0 Å². The van der Waals surface area contributed by atoms with Gasteiger partial charge in [0.1, 0.15) is 24.1 Å².